The Morgan fingerprint density at radius 2 is 0.660 bits per heavy atom. The highest BCUT2D eigenvalue weighted by atomic mass is 16.8. The van der Waals surface area contributed by atoms with Gasteiger partial charge < -0.3 is 28.4 Å². The van der Waals surface area contributed by atoms with Crippen molar-refractivity contribution in [2.75, 3.05) is 0 Å². The van der Waals surface area contributed by atoms with Crippen LogP contribution in [0, 0.1) is 0 Å². The predicted octanol–water partition coefficient (Wildman–Crippen LogP) is 5.42. The monoisotopic (exact) mass is 636 g/mol. The lowest BCUT2D eigenvalue weighted by Gasteiger charge is -2.44. The summed E-state index contributed by atoms with van der Waals surface area (Å²) in [6.45, 7) is 3.29. The predicted molar refractivity (Wildman–Crippen MR) is 166 cm³/mol. The van der Waals surface area contributed by atoms with Crippen LogP contribution in [0.2, 0.25) is 0 Å². The summed E-state index contributed by atoms with van der Waals surface area (Å²) in [5, 5.41) is 0. The SMILES string of the molecule is CC1(C)O[C@@H]2[C@@H](OC(=O)c3ccccc3)[C@@H](OC(=O)c3ccccc3)[C@@H](OC(=O)c3ccccc3)[C@H](OC(=O)c3ccccc3)[C@@H]2O1. The van der Waals surface area contributed by atoms with E-state index in [1.165, 1.54) is 0 Å². The molecular formula is C37H32O10. The van der Waals surface area contributed by atoms with E-state index >= 15 is 0 Å². The minimum atomic E-state index is -1.50. The first kappa shape index (κ1) is 31.7. The molecule has 1 saturated heterocycles. The molecule has 4 aromatic carbocycles. The zero-order valence-corrected chi connectivity index (χ0v) is 25.6. The lowest BCUT2D eigenvalue weighted by atomic mass is 9.84. The molecule has 6 atom stereocenters. The van der Waals surface area contributed by atoms with Gasteiger partial charge in [-0.2, -0.15) is 0 Å². The average molecular weight is 637 g/mol. The van der Waals surface area contributed by atoms with Gasteiger partial charge in [0.15, 0.2) is 30.2 Å². The van der Waals surface area contributed by atoms with Gasteiger partial charge in [0.25, 0.3) is 0 Å². The van der Waals surface area contributed by atoms with E-state index in [2.05, 4.69) is 0 Å². The molecular weight excluding hydrogens is 604 g/mol. The van der Waals surface area contributed by atoms with Gasteiger partial charge in [-0.05, 0) is 62.4 Å². The van der Waals surface area contributed by atoms with Gasteiger partial charge in [-0.15, -0.1) is 0 Å². The summed E-state index contributed by atoms with van der Waals surface area (Å²) < 4.78 is 36.7. The van der Waals surface area contributed by atoms with Crippen LogP contribution in [-0.4, -0.2) is 66.3 Å². The Labute approximate surface area is 271 Å². The molecule has 0 N–H and O–H groups in total. The number of benzene rings is 4. The van der Waals surface area contributed by atoms with E-state index in [1.54, 1.807) is 135 Å². The molecule has 1 aliphatic carbocycles. The molecule has 0 bridgehead atoms. The molecule has 1 aliphatic heterocycles. The van der Waals surface area contributed by atoms with Crippen LogP contribution in [-0.2, 0) is 28.4 Å². The maximum absolute atomic E-state index is 13.6. The Kier molecular flexibility index (Phi) is 9.15. The smallest absolute Gasteiger partial charge is 0.338 e. The summed E-state index contributed by atoms with van der Waals surface area (Å²) in [6.07, 6.45) is -7.94. The number of hydrogen-bond donors (Lipinski definition) is 0. The molecule has 0 unspecified atom stereocenters. The Morgan fingerprint density at radius 3 is 0.915 bits per heavy atom. The van der Waals surface area contributed by atoms with Crippen LogP contribution in [0.3, 0.4) is 0 Å². The van der Waals surface area contributed by atoms with Gasteiger partial charge in [-0.25, -0.2) is 19.2 Å². The third-order valence-electron chi connectivity index (χ3n) is 7.79. The highest BCUT2D eigenvalue weighted by Crippen LogP contribution is 2.42. The summed E-state index contributed by atoms with van der Waals surface area (Å²) in [6, 6.07) is 32.8. The van der Waals surface area contributed by atoms with Crippen molar-refractivity contribution >= 4 is 23.9 Å². The molecule has 0 aromatic heterocycles. The molecule has 47 heavy (non-hydrogen) atoms. The fourth-order valence-electron chi connectivity index (χ4n) is 5.67. The van der Waals surface area contributed by atoms with Gasteiger partial charge in [0.2, 0.25) is 0 Å². The minimum Gasteiger partial charge on any atom is -0.452 e. The summed E-state index contributed by atoms with van der Waals surface area (Å²) in [4.78, 5) is 54.2. The van der Waals surface area contributed by atoms with Crippen LogP contribution in [0.25, 0.3) is 0 Å². The van der Waals surface area contributed by atoms with Crippen molar-refractivity contribution in [2.24, 2.45) is 0 Å². The van der Waals surface area contributed by atoms with Gasteiger partial charge in [0, 0.05) is 0 Å². The maximum Gasteiger partial charge on any atom is 0.338 e. The molecule has 1 heterocycles. The zero-order valence-electron chi connectivity index (χ0n) is 25.6. The number of rotatable bonds is 8. The molecule has 4 aromatic rings. The van der Waals surface area contributed by atoms with Gasteiger partial charge >= 0.3 is 23.9 Å². The van der Waals surface area contributed by atoms with Crippen LogP contribution in [0.1, 0.15) is 55.3 Å². The maximum atomic E-state index is 13.6. The van der Waals surface area contributed by atoms with Gasteiger partial charge in [0.1, 0.15) is 12.2 Å². The van der Waals surface area contributed by atoms with Crippen molar-refractivity contribution in [3.05, 3.63) is 144 Å². The lowest BCUT2D eigenvalue weighted by Crippen LogP contribution is -2.66. The van der Waals surface area contributed by atoms with E-state index in [1.807, 2.05) is 0 Å². The zero-order chi connectivity index (χ0) is 33.0. The molecule has 2 aliphatic rings. The Morgan fingerprint density at radius 1 is 0.426 bits per heavy atom. The first-order valence-corrected chi connectivity index (χ1v) is 15.1. The summed E-state index contributed by atoms with van der Waals surface area (Å²) in [5.74, 6) is -4.31. The van der Waals surface area contributed by atoms with E-state index in [0.29, 0.717) is 0 Å². The molecule has 6 rings (SSSR count). The summed E-state index contributed by atoms with van der Waals surface area (Å²) in [7, 11) is 0. The van der Waals surface area contributed by atoms with Crippen molar-refractivity contribution in [1.29, 1.82) is 0 Å². The Hall–Kier alpha value is -5.32. The van der Waals surface area contributed by atoms with Crippen LogP contribution < -0.4 is 0 Å². The Bertz CT molecular complexity index is 1580. The molecule has 240 valence electrons. The first-order valence-electron chi connectivity index (χ1n) is 15.1. The van der Waals surface area contributed by atoms with E-state index in [-0.39, 0.29) is 22.3 Å². The van der Waals surface area contributed by atoms with Crippen molar-refractivity contribution in [3.63, 3.8) is 0 Å². The standard InChI is InChI=1S/C37H32O10/c1-37(2)46-31-29(44-35(40)25-19-11-5-12-20-25)27(42-33(38)23-15-7-3-8-16-23)28(43-34(39)24-17-9-4-10-18-24)30(32(31)47-37)45-36(41)26-21-13-6-14-22-26/h3-22,27-32H,1-2H3/t27-,28+,29-,30-,31+,32-/m0/s1. The number of ether oxygens (including phenoxy) is 6. The molecule has 0 amide bonds. The molecule has 10 heteroatoms. The number of esters is 4. The fraction of sp³-hybridized carbons (Fsp3) is 0.243. The van der Waals surface area contributed by atoms with Crippen molar-refractivity contribution in [1.82, 2.24) is 0 Å². The highest BCUT2D eigenvalue weighted by molar-refractivity contribution is 5.92. The fourth-order valence-corrected chi connectivity index (χ4v) is 5.67. The van der Waals surface area contributed by atoms with Gasteiger partial charge in [-0.1, -0.05) is 72.8 Å². The number of carbonyl (C=O) groups is 4. The molecule has 0 spiro atoms. The second-order valence-electron chi connectivity index (χ2n) is 11.5. The van der Waals surface area contributed by atoms with Crippen LogP contribution in [0.5, 0.6) is 0 Å². The topological polar surface area (TPSA) is 124 Å². The van der Waals surface area contributed by atoms with Crippen LogP contribution >= 0.6 is 0 Å². The molecule has 2 fully saturated rings. The second kappa shape index (κ2) is 13.6. The molecule has 0 radical (unpaired) electrons. The average Bonchev–Trinajstić information content (AvgIpc) is 3.43. The normalized spacial score (nSPS) is 24.3. The molecule has 10 nitrogen and oxygen atoms in total. The second-order valence-corrected chi connectivity index (χ2v) is 11.5. The first-order chi connectivity index (χ1) is 22.7. The molecule has 1 saturated carbocycles. The van der Waals surface area contributed by atoms with E-state index < -0.39 is 66.3 Å². The van der Waals surface area contributed by atoms with Gasteiger partial charge in [-0.3, -0.25) is 0 Å². The van der Waals surface area contributed by atoms with Gasteiger partial charge in [0.05, 0.1) is 22.3 Å². The lowest BCUT2D eigenvalue weighted by molar-refractivity contribution is -0.195. The van der Waals surface area contributed by atoms with E-state index in [4.69, 9.17) is 28.4 Å². The quantitative estimate of drug-likeness (QED) is 0.183. The highest BCUT2D eigenvalue weighted by Gasteiger charge is 2.64. The minimum absolute atomic E-state index is 0.192. The van der Waals surface area contributed by atoms with Crippen molar-refractivity contribution in [2.45, 2.75) is 56.3 Å². The van der Waals surface area contributed by atoms with Crippen LogP contribution in [0.15, 0.2) is 121 Å². The van der Waals surface area contributed by atoms with Crippen LogP contribution in [0.4, 0.5) is 0 Å². The number of fused-ring (bicyclic) bond motifs is 1. The number of carbonyl (C=O) groups excluding carboxylic acids is 4. The Balaban J connectivity index is 1.45. The number of hydrogen-bond acceptors (Lipinski definition) is 10. The third-order valence-corrected chi connectivity index (χ3v) is 7.79. The van der Waals surface area contributed by atoms with E-state index in [0.717, 1.165) is 0 Å². The summed E-state index contributed by atoms with van der Waals surface area (Å²) in [5.41, 5.74) is 0.840. The third kappa shape index (κ3) is 7.09. The van der Waals surface area contributed by atoms with Crippen molar-refractivity contribution in [3.8, 4) is 0 Å². The summed E-state index contributed by atoms with van der Waals surface area (Å²) >= 11 is 0. The van der Waals surface area contributed by atoms with E-state index in [9.17, 15) is 19.2 Å². The van der Waals surface area contributed by atoms with Crippen molar-refractivity contribution < 1.29 is 47.6 Å². The largest absolute Gasteiger partial charge is 0.452 e.